The number of phenolic OH excluding ortho intramolecular Hbond substituents is 1. The molecule has 1 aromatic carbocycles. The van der Waals surface area contributed by atoms with Gasteiger partial charge in [-0.3, -0.25) is 0 Å². The fourth-order valence-corrected chi connectivity index (χ4v) is 1.00. The molecular formula is C9H10O4. The number of hydrogen-bond acceptors (Lipinski definition) is 3. The van der Waals surface area contributed by atoms with Crippen LogP contribution in [0.5, 0.6) is 5.75 Å². The Morgan fingerprint density at radius 2 is 1.92 bits per heavy atom. The zero-order valence-corrected chi connectivity index (χ0v) is 7.06. The molecule has 4 heteroatoms. The maximum Gasteiger partial charge on any atom is 0.340 e. The van der Waals surface area contributed by atoms with E-state index in [4.69, 9.17) is 5.11 Å². The number of aromatic hydroxyl groups is 1. The molecule has 0 radical (unpaired) electrons. The van der Waals surface area contributed by atoms with Gasteiger partial charge < -0.3 is 15.3 Å². The molecule has 3 N–H and O–H groups in total. The van der Waals surface area contributed by atoms with Crippen molar-refractivity contribution in [3.8, 4) is 5.75 Å². The summed E-state index contributed by atoms with van der Waals surface area (Å²) in [5.74, 6) is -1.62. The number of aliphatic carboxylic acids is 1. The number of hydrogen-bond donors (Lipinski definition) is 3. The highest BCUT2D eigenvalue weighted by atomic mass is 16.4. The van der Waals surface area contributed by atoms with Gasteiger partial charge in [0, 0.05) is 5.56 Å². The molecule has 0 spiro atoms. The number of carboxylic acid groups (broad SMARTS) is 1. The summed E-state index contributed by atoms with van der Waals surface area (Å²) in [5, 5.41) is 27.4. The highest BCUT2D eigenvalue weighted by Crippen LogP contribution is 2.28. The van der Waals surface area contributed by atoms with Crippen molar-refractivity contribution < 1.29 is 20.1 Å². The van der Waals surface area contributed by atoms with E-state index in [9.17, 15) is 15.0 Å². The lowest BCUT2D eigenvalue weighted by atomic mass is 9.95. The van der Waals surface area contributed by atoms with Crippen LogP contribution in [0.25, 0.3) is 0 Å². The number of aliphatic hydroxyl groups is 1. The Morgan fingerprint density at radius 1 is 1.38 bits per heavy atom. The van der Waals surface area contributed by atoms with E-state index in [1.54, 1.807) is 12.1 Å². The Morgan fingerprint density at radius 3 is 2.38 bits per heavy atom. The maximum absolute atomic E-state index is 10.6. The van der Waals surface area contributed by atoms with Crippen molar-refractivity contribution in [3.05, 3.63) is 29.8 Å². The molecule has 1 aromatic rings. The van der Waals surface area contributed by atoms with Gasteiger partial charge in [0.25, 0.3) is 0 Å². The summed E-state index contributed by atoms with van der Waals surface area (Å²) in [6.45, 7) is 1.12. The number of carboxylic acids is 1. The maximum atomic E-state index is 10.6. The largest absolute Gasteiger partial charge is 0.508 e. The zero-order valence-electron chi connectivity index (χ0n) is 7.06. The number of phenols is 1. The van der Waals surface area contributed by atoms with Crippen LogP contribution in [0.4, 0.5) is 0 Å². The molecule has 0 aliphatic rings. The molecule has 4 nitrogen and oxygen atoms in total. The third kappa shape index (κ3) is 1.62. The van der Waals surface area contributed by atoms with Gasteiger partial charge >= 0.3 is 5.97 Å². The first kappa shape index (κ1) is 9.54. The molecule has 0 bridgehead atoms. The minimum Gasteiger partial charge on any atom is -0.508 e. The van der Waals surface area contributed by atoms with Gasteiger partial charge in [-0.15, -0.1) is 0 Å². The first-order chi connectivity index (χ1) is 5.96. The summed E-state index contributed by atoms with van der Waals surface area (Å²) in [6, 6.07) is 5.79. The van der Waals surface area contributed by atoms with Gasteiger partial charge in [-0.25, -0.2) is 4.79 Å². The number of benzene rings is 1. The Hall–Kier alpha value is -1.55. The molecular weight excluding hydrogens is 172 g/mol. The second-order valence-corrected chi connectivity index (χ2v) is 2.89. The van der Waals surface area contributed by atoms with Crippen molar-refractivity contribution >= 4 is 5.97 Å². The number of carbonyl (C=O) groups is 1. The predicted molar refractivity (Wildman–Crippen MR) is 45.3 cm³/mol. The first-order valence-corrected chi connectivity index (χ1v) is 3.70. The van der Waals surface area contributed by atoms with Crippen molar-refractivity contribution in [2.75, 3.05) is 0 Å². The first-order valence-electron chi connectivity index (χ1n) is 3.70. The smallest absolute Gasteiger partial charge is 0.340 e. The molecule has 0 saturated heterocycles. The third-order valence-electron chi connectivity index (χ3n) is 1.84. The van der Waals surface area contributed by atoms with Crippen molar-refractivity contribution in [2.24, 2.45) is 0 Å². The zero-order chi connectivity index (χ0) is 10.1. The van der Waals surface area contributed by atoms with E-state index in [-0.39, 0.29) is 11.3 Å². The summed E-state index contributed by atoms with van der Waals surface area (Å²) in [4.78, 5) is 10.6. The molecule has 0 aromatic heterocycles. The third-order valence-corrected chi connectivity index (χ3v) is 1.84. The molecule has 1 atom stereocenters. The fraction of sp³-hybridized carbons (Fsp3) is 0.222. The van der Waals surface area contributed by atoms with Gasteiger partial charge in [0.15, 0.2) is 5.60 Å². The SMILES string of the molecule is C[C@@](O)(C(=O)O)c1ccccc1O. The van der Waals surface area contributed by atoms with E-state index in [0.29, 0.717) is 0 Å². The van der Waals surface area contributed by atoms with Gasteiger partial charge in [0.2, 0.25) is 0 Å². The van der Waals surface area contributed by atoms with Crippen molar-refractivity contribution in [2.45, 2.75) is 12.5 Å². The van der Waals surface area contributed by atoms with Crippen LogP contribution in [-0.2, 0) is 10.4 Å². The highest BCUT2D eigenvalue weighted by molar-refractivity contribution is 5.79. The van der Waals surface area contributed by atoms with Crippen molar-refractivity contribution in [1.29, 1.82) is 0 Å². The molecule has 0 unspecified atom stereocenters. The molecule has 0 aliphatic carbocycles. The molecule has 70 valence electrons. The Kier molecular flexibility index (Phi) is 2.25. The Balaban J connectivity index is 3.22. The summed E-state index contributed by atoms with van der Waals surface area (Å²) in [6.07, 6.45) is 0. The normalized spacial score (nSPS) is 14.9. The molecule has 0 amide bonds. The monoisotopic (exact) mass is 182 g/mol. The number of para-hydroxylation sites is 1. The van der Waals surface area contributed by atoms with Crippen LogP contribution >= 0.6 is 0 Å². The molecule has 0 aliphatic heterocycles. The van der Waals surface area contributed by atoms with Gasteiger partial charge in [-0.05, 0) is 13.0 Å². The molecule has 0 heterocycles. The van der Waals surface area contributed by atoms with E-state index in [2.05, 4.69) is 0 Å². The fourth-order valence-electron chi connectivity index (χ4n) is 1.00. The van der Waals surface area contributed by atoms with Gasteiger partial charge in [-0.2, -0.15) is 0 Å². The van der Waals surface area contributed by atoms with Crippen LogP contribution in [0.1, 0.15) is 12.5 Å². The lowest BCUT2D eigenvalue weighted by molar-refractivity contribution is -0.157. The van der Waals surface area contributed by atoms with Crippen LogP contribution in [-0.4, -0.2) is 21.3 Å². The quantitative estimate of drug-likeness (QED) is 0.628. The lowest BCUT2D eigenvalue weighted by Gasteiger charge is -2.18. The van der Waals surface area contributed by atoms with Crippen molar-refractivity contribution in [3.63, 3.8) is 0 Å². The van der Waals surface area contributed by atoms with Crippen LogP contribution < -0.4 is 0 Å². The molecule has 1 rings (SSSR count). The summed E-state index contributed by atoms with van der Waals surface area (Å²) < 4.78 is 0. The highest BCUT2D eigenvalue weighted by Gasteiger charge is 2.34. The van der Waals surface area contributed by atoms with Crippen molar-refractivity contribution in [1.82, 2.24) is 0 Å². The summed E-state index contributed by atoms with van der Waals surface area (Å²) in [5.41, 5.74) is -2.06. The van der Waals surface area contributed by atoms with E-state index >= 15 is 0 Å². The second-order valence-electron chi connectivity index (χ2n) is 2.89. The molecule has 0 saturated carbocycles. The second kappa shape index (κ2) is 3.06. The van der Waals surface area contributed by atoms with E-state index in [0.717, 1.165) is 6.92 Å². The summed E-state index contributed by atoms with van der Waals surface area (Å²) >= 11 is 0. The predicted octanol–water partition coefficient (Wildman–Crippen LogP) is 0.684. The van der Waals surface area contributed by atoms with Crippen LogP contribution in [0.3, 0.4) is 0 Å². The van der Waals surface area contributed by atoms with E-state index in [1.807, 2.05) is 0 Å². The average molecular weight is 182 g/mol. The van der Waals surface area contributed by atoms with Crippen LogP contribution in [0.15, 0.2) is 24.3 Å². The summed E-state index contributed by atoms with van der Waals surface area (Å²) in [7, 11) is 0. The minimum atomic E-state index is -2.05. The van der Waals surface area contributed by atoms with Gasteiger partial charge in [-0.1, -0.05) is 18.2 Å². The van der Waals surface area contributed by atoms with E-state index < -0.39 is 11.6 Å². The topological polar surface area (TPSA) is 77.8 Å². The standard InChI is InChI=1S/C9H10O4/c1-9(13,8(11)12)6-4-2-3-5-7(6)10/h2-5,10,13H,1H3,(H,11,12)/t9-/m0/s1. The van der Waals surface area contributed by atoms with E-state index in [1.165, 1.54) is 12.1 Å². The molecule has 0 fully saturated rings. The minimum absolute atomic E-state index is 0.0116. The Bertz CT molecular complexity index is 330. The molecule has 13 heavy (non-hydrogen) atoms. The van der Waals surface area contributed by atoms with Gasteiger partial charge in [0.05, 0.1) is 0 Å². The Labute approximate surface area is 75.1 Å². The van der Waals surface area contributed by atoms with Crippen LogP contribution in [0.2, 0.25) is 0 Å². The van der Waals surface area contributed by atoms with Gasteiger partial charge in [0.1, 0.15) is 5.75 Å². The average Bonchev–Trinajstić information content (AvgIpc) is 2.04. The number of rotatable bonds is 2. The van der Waals surface area contributed by atoms with Crippen LogP contribution in [0, 0.1) is 0 Å². The lowest BCUT2D eigenvalue weighted by Crippen LogP contribution is -2.31.